The lowest BCUT2D eigenvalue weighted by Crippen LogP contribution is -1.94. The van der Waals surface area contributed by atoms with E-state index >= 15 is 0 Å². The van der Waals surface area contributed by atoms with Gasteiger partial charge >= 0.3 is 0 Å². The molecule has 0 spiro atoms. The molecule has 0 unspecified atom stereocenters. The van der Waals surface area contributed by atoms with E-state index in [1.807, 2.05) is 6.20 Å². The van der Waals surface area contributed by atoms with Crippen LogP contribution in [-0.2, 0) is 0 Å². The Kier molecular flexibility index (Phi) is 3.74. The van der Waals surface area contributed by atoms with E-state index < -0.39 is 0 Å². The summed E-state index contributed by atoms with van der Waals surface area (Å²) in [6.07, 6.45) is 1.93. The van der Waals surface area contributed by atoms with Crippen molar-refractivity contribution >= 4 is 10.8 Å². The summed E-state index contributed by atoms with van der Waals surface area (Å²) in [7, 11) is 0. The maximum Gasteiger partial charge on any atom is 0.0783 e. The topological polar surface area (TPSA) is 12.9 Å². The van der Waals surface area contributed by atoms with Crippen molar-refractivity contribution in [1.29, 1.82) is 0 Å². The number of aryl methyl sites for hydroxylation is 2. The van der Waals surface area contributed by atoms with Crippen LogP contribution in [0.3, 0.4) is 0 Å². The van der Waals surface area contributed by atoms with Crippen LogP contribution in [0.15, 0.2) is 42.6 Å². The molecule has 22 heavy (non-hydrogen) atoms. The summed E-state index contributed by atoms with van der Waals surface area (Å²) in [6.45, 7) is 11.0. The van der Waals surface area contributed by atoms with Crippen molar-refractivity contribution in [1.82, 2.24) is 4.98 Å². The molecule has 1 heteroatoms. The molecule has 1 nitrogen and oxygen atoms in total. The Labute approximate surface area is 133 Å². The average Bonchev–Trinajstić information content (AvgIpc) is 2.49. The number of pyridine rings is 1. The third-order valence-electron chi connectivity index (χ3n) is 4.52. The Morgan fingerprint density at radius 3 is 2.41 bits per heavy atom. The molecule has 0 saturated carbocycles. The number of nitrogens with zero attached hydrogens (tertiary/aromatic N) is 1. The Hall–Kier alpha value is -2.15. The van der Waals surface area contributed by atoms with Crippen molar-refractivity contribution in [2.75, 3.05) is 0 Å². The molecule has 0 atom stereocenters. The van der Waals surface area contributed by atoms with Crippen LogP contribution in [0.5, 0.6) is 0 Å². The lowest BCUT2D eigenvalue weighted by Gasteiger charge is -2.13. The highest BCUT2D eigenvalue weighted by atomic mass is 14.7. The molecule has 1 aromatic heterocycles. The smallest absolute Gasteiger partial charge is 0.0783 e. The first kappa shape index (κ1) is 14.8. The van der Waals surface area contributed by atoms with Crippen molar-refractivity contribution in [3.8, 4) is 11.3 Å². The second-order valence-electron chi connectivity index (χ2n) is 6.55. The fourth-order valence-electron chi connectivity index (χ4n) is 3.06. The van der Waals surface area contributed by atoms with Crippen molar-refractivity contribution in [2.45, 2.75) is 40.5 Å². The number of hydrogen-bond donors (Lipinski definition) is 0. The number of aromatic nitrogens is 1. The Balaban J connectivity index is 2.28. The van der Waals surface area contributed by atoms with Crippen molar-refractivity contribution < 1.29 is 0 Å². The fourth-order valence-corrected chi connectivity index (χ4v) is 3.06. The van der Waals surface area contributed by atoms with E-state index in [1.54, 1.807) is 0 Å². The summed E-state index contributed by atoms with van der Waals surface area (Å²) in [5.41, 5.74) is 7.65. The molecule has 0 bridgehead atoms. The third kappa shape index (κ3) is 2.52. The highest BCUT2D eigenvalue weighted by molar-refractivity contribution is 5.95. The predicted octanol–water partition coefficient (Wildman–Crippen LogP) is 5.95. The zero-order valence-electron chi connectivity index (χ0n) is 14.1. The first-order valence-electron chi connectivity index (χ1n) is 7.94. The van der Waals surface area contributed by atoms with Crippen LogP contribution in [0.25, 0.3) is 22.0 Å². The van der Waals surface area contributed by atoms with Crippen LogP contribution in [0.4, 0.5) is 0 Å². The Morgan fingerprint density at radius 1 is 0.909 bits per heavy atom. The first-order chi connectivity index (χ1) is 10.5. The molecular weight excluding hydrogens is 266 g/mol. The van der Waals surface area contributed by atoms with Gasteiger partial charge in [0.2, 0.25) is 0 Å². The number of fused-ring (bicyclic) bond motifs is 1. The standard InChI is InChI=1S/C21H23N/c1-13(2)17-6-7-19-18(12-17)8-9-22-21(19)20-11-14(3)10-15(4)16(20)5/h6-13H,1-5H3. The van der Waals surface area contributed by atoms with Gasteiger partial charge in [0.15, 0.2) is 0 Å². The fraction of sp³-hybridized carbons (Fsp3) is 0.286. The van der Waals surface area contributed by atoms with Crippen LogP contribution in [0.1, 0.15) is 42.0 Å². The summed E-state index contributed by atoms with van der Waals surface area (Å²) >= 11 is 0. The molecule has 0 aliphatic rings. The van der Waals surface area contributed by atoms with E-state index in [2.05, 4.69) is 71.0 Å². The lowest BCUT2D eigenvalue weighted by molar-refractivity contribution is 0.869. The summed E-state index contributed by atoms with van der Waals surface area (Å²) < 4.78 is 0. The van der Waals surface area contributed by atoms with E-state index in [-0.39, 0.29) is 0 Å². The van der Waals surface area contributed by atoms with E-state index in [4.69, 9.17) is 4.98 Å². The molecule has 3 aromatic rings. The van der Waals surface area contributed by atoms with Gasteiger partial charge in [-0.25, -0.2) is 0 Å². The second-order valence-corrected chi connectivity index (χ2v) is 6.55. The minimum atomic E-state index is 0.545. The molecular formula is C21H23N. The molecule has 0 amide bonds. The van der Waals surface area contributed by atoms with Gasteiger partial charge in [-0.15, -0.1) is 0 Å². The minimum absolute atomic E-state index is 0.545. The van der Waals surface area contributed by atoms with E-state index in [0.29, 0.717) is 5.92 Å². The van der Waals surface area contributed by atoms with Gasteiger partial charge in [0.05, 0.1) is 5.69 Å². The first-order valence-corrected chi connectivity index (χ1v) is 7.94. The van der Waals surface area contributed by atoms with Crippen molar-refractivity contribution in [3.63, 3.8) is 0 Å². The SMILES string of the molecule is Cc1cc(C)c(C)c(-c2nccc3cc(C(C)C)ccc23)c1. The molecule has 0 radical (unpaired) electrons. The molecule has 0 saturated heterocycles. The number of hydrogen-bond acceptors (Lipinski definition) is 1. The van der Waals surface area contributed by atoms with E-state index in [0.717, 1.165) is 5.69 Å². The van der Waals surface area contributed by atoms with Crippen LogP contribution >= 0.6 is 0 Å². The van der Waals surface area contributed by atoms with E-state index in [1.165, 1.54) is 38.6 Å². The molecule has 0 aliphatic carbocycles. The zero-order valence-corrected chi connectivity index (χ0v) is 14.1. The molecule has 112 valence electrons. The normalized spacial score (nSPS) is 11.4. The summed E-state index contributed by atoms with van der Waals surface area (Å²) in [5.74, 6) is 0.545. The Bertz CT molecular complexity index is 844. The number of rotatable bonds is 2. The van der Waals surface area contributed by atoms with Crippen molar-refractivity contribution in [3.05, 3.63) is 64.8 Å². The van der Waals surface area contributed by atoms with Gasteiger partial charge in [-0.2, -0.15) is 0 Å². The van der Waals surface area contributed by atoms with Crippen LogP contribution in [0.2, 0.25) is 0 Å². The number of benzene rings is 2. The van der Waals surface area contributed by atoms with Crippen LogP contribution in [0, 0.1) is 20.8 Å². The summed E-state index contributed by atoms with van der Waals surface area (Å²) in [6, 6.07) is 13.4. The van der Waals surface area contributed by atoms with Crippen LogP contribution in [-0.4, -0.2) is 4.98 Å². The monoisotopic (exact) mass is 289 g/mol. The van der Waals surface area contributed by atoms with Gasteiger partial charge in [-0.1, -0.05) is 43.7 Å². The average molecular weight is 289 g/mol. The zero-order chi connectivity index (χ0) is 15.9. The molecule has 3 rings (SSSR count). The predicted molar refractivity (Wildman–Crippen MR) is 95.5 cm³/mol. The molecule has 0 fully saturated rings. The maximum absolute atomic E-state index is 4.69. The largest absolute Gasteiger partial charge is 0.256 e. The van der Waals surface area contributed by atoms with Gasteiger partial charge < -0.3 is 0 Å². The highest BCUT2D eigenvalue weighted by Gasteiger charge is 2.11. The Morgan fingerprint density at radius 2 is 1.68 bits per heavy atom. The lowest BCUT2D eigenvalue weighted by atomic mass is 9.93. The summed E-state index contributed by atoms with van der Waals surface area (Å²) in [5, 5.41) is 2.51. The van der Waals surface area contributed by atoms with E-state index in [9.17, 15) is 0 Å². The van der Waals surface area contributed by atoms with Gasteiger partial charge in [-0.3, -0.25) is 4.98 Å². The third-order valence-corrected chi connectivity index (χ3v) is 4.52. The van der Waals surface area contributed by atoms with Gasteiger partial charge in [0, 0.05) is 17.1 Å². The highest BCUT2D eigenvalue weighted by Crippen LogP contribution is 2.32. The van der Waals surface area contributed by atoms with Gasteiger partial charge in [0.25, 0.3) is 0 Å². The summed E-state index contributed by atoms with van der Waals surface area (Å²) in [4.78, 5) is 4.69. The quantitative estimate of drug-likeness (QED) is 0.568. The maximum atomic E-state index is 4.69. The van der Waals surface area contributed by atoms with Gasteiger partial charge in [0.1, 0.15) is 0 Å². The molecule has 2 aromatic carbocycles. The second kappa shape index (κ2) is 5.57. The van der Waals surface area contributed by atoms with Gasteiger partial charge in [-0.05, 0) is 60.9 Å². The van der Waals surface area contributed by atoms with Crippen molar-refractivity contribution in [2.24, 2.45) is 0 Å². The van der Waals surface area contributed by atoms with Crippen LogP contribution < -0.4 is 0 Å². The molecule has 0 N–H and O–H groups in total. The molecule has 1 heterocycles. The molecule has 0 aliphatic heterocycles. The minimum Gasteiger partial charge on any atom is -0.256 e.